The minimum atomic E-state index is -0.325. The first kappa shape index (κ1) is 13.9. The van der Waals surface area contributed by atoms with Crippen molar-refractivity contribution in [2.24, 2.45) is 0 Å². The van der Waals surface area contributed by atoms with Crippen molar-refractivity contribution in [2.75, 3.05) is 5.32 Å². The predicted molar refractivity (Wildman–Crippen MR) is 80.4 cm³/mol. The highest BCUT2D eigenvalue weighted by atomic mass is 19.1. The number of aromatic nitrogens is 3. The number of rotatable bonds is 3. The molecule has 6 heteroatoms. The Labute approximate surface area is 126 Å². The van der Waals surface area contributed by atoms with Crippen LogP contribution in [0.25, 0.3) is 5.69 Å². The molecule has 0 aliphatic heterocycles. The molecule has 1 N–H and O–H groups in total. The zero-order valence-electron chi connectivity index (χ0n) is 11.8. The lowest BCUT2D eigenvalue weighted by Crippen LogP contribution is -2.15. The van der Waals surface area contributed by atoms with Gasteiger partial charge in [-0.25, -0.2) is 9.07 Å². The average Bonchev–Trinajstić information content (AvgIpc) is 2.89. The Morgan fingerprint density at radius 2 is 2.00 bits per heavy atom. The van der Waals surface area contributed by atoms with Crippen LogP contribution in [0.5, 0.6) is 0 Å². The van der Waals surface area contributed by atoms with Crippen molar-refractivity contribution in [3.05, 3.63) is 71.9 Å². The van der Waals surface area contributed by atoms with E-state index in [4.69, 9.17) is 0 Å². The summed E-state index contributed by atoms with van der Waals surface area (Å²) in [6.45, 7) is 1.82. The molecule has 1 amide bonds. The lowest BCUT2D eigenvalue weighted by Gasteiger charge is -2.08. The second-order valence-corrected chi connectivity index (χ2v) is 4.76. The minimum Gasteiger partial charge on any atom is -0.306 e. The van der Waals surface area contributed by atoms with Gasteiger partial charge in [-0.05, 0) is 43.3 Å². The predicted octanol–water partition coefficient (Wildman–Crippen LogP) is 2.97. The second kappa shape index (κ2) is 5.77. The van der Waals surface area contributed by atoms with Crippen LogP contribution in [0.2, 0.25) is 0 Å². The molecule has 0 fully saturated rings. The van der Waals surface area contributed by atoms with Crippen molar-refractivity contribution < 1.29 is 9.18 Å². The number of aryl methyl sites for hydroxylation is 1. The van der Waals surface area contributed by atoms with Crippen LogP contribution < -0.4 is 5.32 Å². The number of hydrogen-bond donors (Lipinski definition) is 1. The van der Waals surface area contributed by atoms with Crippen molar-refractivity contribution in [2.45, 2.75) is 6.92 Å². The summed E-state index contributed by atoms with van der Waals surface area (Å²) in [5, 5.41) is 7.11. The number of halogens is 1. The zero-order valence-corrected chi connectivity index (χ0v) is 11.8. The molecule has 0 aliphatic carbocycles. The van der Waals surface area contributed by atoms with Gasteiger partial charge in [0.2, 0.25) is 0 Å². The summed E-state index contributed by atoms with van der Waals surface area (Å²) in [5.41, 5.74) is 1.86. The average molecular weight is 296 g/mol. The lowest BCUT2D eigenvalue weighted by atomic mass is 10.2. The third-order valence-electron chi connectivity index (χ3n) is 3.07. The van der Waals surface area contributed by atoms with Crippen LogP contribution in [0.4, 0.5) is 10.2 Å². The second-order valence-electron chi connectivity index (χ2n) is 4.76. The van der Waals surface area contributed by atoms with Gasteiger partial charge in [-0.2, -0.15) is 5.10 Å². The van der Waals surface area contributed by atoms with Crippen LogP contribution >= 0.6 is 0 Å². The Balaban J connectivity index is 1.92. The Hall–Kier alpha value is -3.02. The summed E-state index contributed by atoms with van der Waals surface area (Å²) in [6.07, 6.45) is 3.09. The summed E-state index contributed by atoms with van der Waals surface area (Å²) in [4.78, 5) is 16.1. The van der Waals surface area contributed by atoms with E-state index in [9.17, 15) is 9.18 Å². The molecular weight excluding hydrogens is 283 g/mol. The van der Waals surface area contributed by atoms with E-state index < -0.39 is 0 Å². The first-order valence-electron chi connectivity index (χ1n) is 6.67. The number of amides is 1. The van der Waals surface area contributed by atoms with E-state index in [1.165, 1.54) is 18.3 Å². The number of carbonyl (C=O) groups excluding carboxylic acids is 1. The van der Waals surface area contributed by atoms with Crippen molar-refractivity contribution in [1.82, 2.24) is 14.8 Å². The number of nitrogens with zero attached hydrogens (tertiary/aromatic N) is 3. The molecule has 2 aromatic heterocycles. The maximum atomic E-state index is 13.0. The molecule has 110 valence electrons. The van der Waals surface area contributed by atoms with Gasteiger partial charge < -0.3 is 5.32 Å². The Kier molecular flexibility index (Phi) is 3.65. The van der Waals surface area contributed by atoms with Crippen LogP contribution in [0.15, 0.2) is 54.9 Å². The zero-order chi connectivity index (χ0) is 15.5. The van der Waals surface area contributed by atoms with E-state index in [1.54, 1.807) is 41.2 Å². The molecule has 0 atom stereocenters. The third kappa shape index (κ3) is 2.85. The first-order chi connectivity index (χ1) is 10.6. The normalized spacial score (nSPS) is 10.5. The SMILES string of the molecule is Cc1cc(NC(=O)c2cccnc2)n(-c2ccc(F)cc2)n1. The van der Waals surface area contributed by atoms with Gasteiger partial charge in [0.25, 0.3) is 5.91 Å². The number of carbonyl (C=O) groups is 1. The molecule has 0 saturated heterocycles. The van der Waals surface area contributed by atoms with Crippen molar-refractivity contribution in [1.29, 1.82) is 0 Å². The Morgan fingerprint density at radius 1 is 1.23 bits per heavy atom. The molecule has 5 nitrogen and oxygen atoms in total. The first-order valence-corrected chi connectivity index (χ1v) is 6.67. The number of nitrogens with one attached hydrogen (secondary N) is 1. The number of hydrogen-bond acceptors (Lipinski definition) is 3. The van der Waals surface area contributed by atoms with Gasteiger partial charge in [0.05, 0.1) is 16.9 Å². The standard InChI is InChI=1S/C16H13FN4O/c1-11-9-15(19-16(22)12-3-2-8-18-10-12)21(20-11)14-6-4-13(17)5-7-14/h2-10H,1H3,(H,19,22). The fraction of sp³-hybridized carbons (Fsp3) is 0.0625. The maximum absolute atomic E-state index is 13.0. The smallest absolute Gasteiger partial charge is 0.258 e. The van der Waals surface area contributed by atoms with E-state index >= 15 is 0 Å². The Morgan fingerprint density at radius 3 is 2.68 bits per heavy atom. The topological polar surface area (TPSA) is 59.8 Å². The summed E-state index contributed by atoms with van der Waals surface area (Å²) in [5.74, 6) is -0.0945. The van der Waals surface area contributed by atoms with Gasteiger partial charge in [0.1, 0.15) is 11.6 Å². The monoisotopic (exact) mass is 296 g/mol. The fourth-order valence-electron chi connectivity index (χ4n) is 2.05. The number of anilines is 1. The molecular formula is C16H13FN4O. The van der Waals surface area contributed by atoms with Gasteiger partial charge in [0.15, 0.2) is 0 Å². The molecule has 0 radical (unpaired) electrons. The van der Waals surface area contributed by atoms with Gasteiger partial charge in [-0.3, -0.25) is 9.78 Å². The molecule has 3 aromatic rings. The number of pyridine rings is 1. The van der Waals surface area contributed by atoms with Gasteiger partial charge >= 0.3 is 0 Å². The highest BCUT2D eigenvalue weighted by molar-refractivity contribution is 6.03. The maximum Gasteiger partial charge on any atom is 0.258 e. The van der Waals surface area contributed by atoms with E-state index in [0.29, 0.717) is 17.1 Å². The van der Waals surface area contributed by atoms with Gasteiger partial charge in [-0.1, -0.05) is 0 Å². The summed E-state index contributed by atoms with van der Waals surface area (Å²) >= 11 is 0. The molecule has 0 saturated carbocycles. The van der Waals surface area contributed by atoms with Crippen LogP contribution in [-0.2, 0) is 0 Å². The summed E-state index contributed by atoms with van der Waals surface area (Å²) in [6, 6.07) is 11.0. The van der Waals surface area contributed by atoms with Crippen molar-refractivity contribution in [3.63, 3.8) is 0 Å². The minimum absolute atomic E-state index is 0.281. The molecule has 0 spiro atoms. The third-order valence-corrected chi connectivity index (χ3v) is 3.07. The Bertz CT molecular complexity index is 797. The van der Waals surface area contributed by atoms with Crippen LogP contribution in [0.3, 0.4) is 0 Å². The van der Waals surface area contributed by atoms with Gasteiger partial charge in [-0.15, -0.1) is 0 Å². The van der Waals surface area contributed by atoms with E-state index in [0.717, 1.165) is 5.69 Å². The van der Waals surface area contributed by atoms with Crippen LogP contribution in [0.1, 0.15) is 16.1 Å². The molecule has 22 heavy (non-hydrogen) atoms. The van der Waals surface area contributed by atoms with Crippen molar-refractivity contribution >= 4 is 11.7 Å². The lowest BCUT2D eigenvalue weighted by molar-refractivity contribution is 0.102. The van der Waals surface area contributed by atoms with Crippen molar-refractivity contribution in [3.8, 4) is 5.69 Å². The van der Waals surface area contributed by atoms with Crippen LogP contribution in [0, 0.1) is 12.7 Å². The molecule has 2 heterocycles. The largest absolute Gasteiger partial charge is 0.306 e. The molecule has 0 bridgehead atoms. The number of benzene rings is 1. The fourth-order valence-corrected chi connectivity index (χ4v) is 2.05. The summed E-state index contributed by atoms with van der Waals surface area (Å²) in [7, 11) is 0. The molecule has 1 aromatic carbocycles. The van der Waals surface area contributed by atoms with E-state index in [2.05, 4.69) is 15.4 Å². The highest BCUT2D eigenvalue weighted by Crippen LogP contribution is 2.18. The highest BCUT2D eigenvalue weighted by Gasteiger charge is 2.12. The molecule has 0 aliphatic rings. The molecule has 0 unspecified atom stereocenters. The molecule has 3 rings (SSSR count). The van der Waals surface area contributed by atoms with Crippen LogP contribution in [-0.4, -0.2) is 20.7 Å². The van der Waals surface area contributed by atoms with E-state index in [1.807, 2.05) is 6.92 Å². The summed E-state index contributed by atoms with van der Waals surface area (Å²) < 4.78 is 14.6. The van der Waals surface area contributed by atoms with E-state index in [-0.39, 0.29) is 11.7 Å². The quantitative estimate of drug-likeness (QED) is 0.808. The van der Waals surface area contributed by atoms with Gasteiger partial charge in [0, 0.05) is 18.5 Å².